The van der Waals surface area contributed by atoms with Crippen molar-refractivity contribution in [2.24, 2.45) is 5.92 Å². The topological polar surface area (TPSA) is 79.5 Å². The van der Waals surface area contributed by atoms with Crippen molar-refractivity contribution >= 4 is 11.9 Å². The molecule has 2 atom stereocenters. The van der Waals surface area contributed by atoms with Crippen molar-refractivity contribution in [1.29, 1.82) is 0 Å². The lowest BCUT2D eigenvalue weighted by Crippen LogP contribution is -2.40. The number of nitrogens with one attached hydrogen (secondary N) is 1. The normalized spacial score (nSPS) is 23.1. The zero-order valence-corrected chi connectivity index (χ0v) is 11.2. The first-order valence-corrected chi connectivity index (χ1v) is 6.58. The number of furan rings is 1. The fourth-order valence-electron chi connectivity index (χ4n) is 2.66. The third-order valence-corrected chi connectivity index (χ3v) is 3.64. The molecule has 0 saturated heterocycles. The van der Waals surface area contributed by atoms with Gasteiger partial charge < -0.3 is 14.8 Å². The Labute approximate surface area is 112 Å². The van der Waals surface area contributed by atoms with Crippen LogP contribution in [0.15, 0.2) is 10.5 Å². The number of aliphatic carboxylic acids is 1. The maximum atomic E-state index is 12.1. The van der Waals surface area contributed by atoms with E-state index in [1.807, 2.05) is 0 Å². The molecule has 2 N–H and O–H groups in total. The highest BCUT2D eigenvalue weighted by Gasteiger charge is 2.28. The van der Waals surface area contributed by atoms with E-state index >= 15 is 0 Å². The second kappa shape index (κ2) is 5.47. The molecule has 0 aromatic carbocycles. The lowest BCUT2D eigenvalue weighted by atomic mass is 9.85. The van der Waals surface area contributed by atoms with Gasteiger partial charge >= 0.3 is 5.97 Å². The lowest BCUT2D eigenvalue weighted by molar-refractivity contribution is -0.143. The second-order valence-corrected chi connectivity index (χ2v) is 5.20. The van der Waals surface area contributed by atoms with Crippen molar-refractivity contribution in [2.75, 3.05) is 0 Å². The number of amides is 1. The highest BCUT2D eigenvalue weighted by molar-refractivity contribution is 5.95. The minimum absolute atomic E-state index is 0.0584. The monoisotopic (exact) mass is 265 g/mol. The van der Waals surface area contributed by atoms with Crippen LogP contribution < -0.4 is 5.32 Å². The van der Waals surface area contributed by atoms with Crippen molar-refractivity contribution < 1.29 is 19.1 Å². The van der Waals surface area contributed by atoms with Gasteiger partial charge in [0.05, 0.1) is 11.5 Å². The van der Waals surface area contributed by atoms with Crippen LogP contribution >= 0.6 is 0 Å². The number of carbonyl (C=O) groups excluding carboxylic acids is 1. The van der Waals surface area contributed by atoms with E-state index in [0.717, 1.165) is 12.8 Å². The fraction of sp³-hybridized carbons (Fsp3) is 0.571. The molecule has 0 spiro atoms. The molecule has 104 valence electrons. The maximum Gasteiger partial charge on any atom is 0.306 e. The van der Waals surface area contributed by atoms with E-state index in [9.17, 15) is 9.59 Å². The summed E-state index contributed by atoms with van der Waals surface area (Å²) >= 11 is 0. The largest absolute Gasteiger partial charge is 0.481 e. The molecule has 0 aliphatic heterocycles. The van der Waals surface area contributed by atoms with Gasteiger partial charge in [0.1, 0.15) is 11.5 Å². The van der Waals surface area contributed by atoms with Crippen molar-refractivity contribution in [2.45, 2.75) is 45.6 Å². The van der Waals surface area contributed by atoms with E-state index in [1.54, 1.807) is 19.9 Å². The predicted octanol–water partition coefficient (Wildman–Crippen LogP) is 2.27. The summed E-state index contributed by atoms with van der Waals surface area (Å²) in [5.41, 5.74) is 0.537. The zero-order valence-electron chi connectivity index (χ0n) is 11.2. The first kappa shape index (κ1) is 13.6. The standard InChI is InChI=1S/C14H19NO4/c1-8-6-12(9(2)19-8)13(16)15-11-5-3-4-10(7-11)14(17)18/h6,10-11H,3-5,7H2,1-2H3,(H,15,16)(H,17,18). The van der Waals surface area contributed by atoms with Gasteiger partial charge in [0.25, 0.3) is 5.91 Å². The lowest BCUT2D eigenvalue weighted by Gasteiger charge is -2.27. The van der Waals surface area contributed by atoms with Crippen molar-refractivity contribution in [1.82, 2.24) is 5.32 Å². The molecular weight excluding hydrogens is 246 g/mol. The first-order valence-electron chi connectivity index (χ1n) is 6.58. The number of hydrogen-bond donors (Lipinski definition) is 2. The smallest absolute Gasteiger partial charge is 0.306 e. The summed E-state index contributed by atoms with van der Waals surface area (Å²) in [7, 11) is 0. The molecule has 2 rings (SSSR count). The molecule has 0 radical (unpaired) electrons. The molecule has 1 saturated carbocycles. The molecule has 0 bridgehead atoms. The third-order valence-electron chi connectivity index (χ3n) is 3.64. The van der Waals surface area contributed by atoms with Crippen LogP contribution in [0.5, 0.6) is 0 Å². The SMILES string of the molecule is Cc1cc(C(=O)NC2CCCC(C(=O)O)C2)c(C)o1. The van der Waals surface area contributed by atoms with Crippen LogP contribution in [0.4, 0.5) is 0 Å². The Kier molecular flexibility index (Phi) is 3.93. The fourth-order valence-corrected chi connectivity index (χ4v) is 2.66. The Morgan fingerprint density at radius 2 is 2.11 bits per heavy atom. The van der Waals surface area contributed by atoms with Gasteiger partial charge in [-0.1, -0.05) is 6.42 Å². The molecule has 1 aromatic rings. The van der Waals surface area contributed by atoms with E-state index in [4.69, 9.17) is 9.52 Å². The van der Waals surface area contributed by atoms with E-state index in [1.165, 1.54) is 0 Å². The molecule has 5 heteroatoms. The zero-order chi connectivity index (χ0) is 14.0. The number of rotatable bonds is 3. The summed E-state index contributed by atoms with van der Waals surface area (Å²) in [6.45, 7) is 3.55. The summed E-state index contributed by atoms with van der Waals surface area (Å²) in [5.74, 6) is 0.0150. The molecule has 1 aliphatic carbocycles. The van der Waals surface area contributed by atoms with Gasteiger partial charge in [0.15, 0.2) is 0 Å². The van der Waals surface area contributed by atoms with Crippen LogP contribution in [0.25, 0.3) is 0 Å². The van der Waals surface area contributed by atoms with E-state index in [2.05, 4.69) is 5.32 Å². The minimum atomic E-state index is -0.769. The van der Waals surface area contributed by atoms with Gasteiger partial charge in [-0.3, -0.25) is 9.59 Å². The van der Waals surface area contributed by atoms with Gasteiger partial charge in [-0.15, -0.1) is 0 Å². The van der Waals surface area contributed by atoms with Crippen LogP contribution in [0.1, 0.15) is 47.6 Å². The van der Waals surface area contributed by atoms with Gasteiger partial charge in [-0.25, -0.2) is 0 Å². The quantitative estimate of drug-likeness (QED) is 0.878. The molecule has 5 nitrogen and oxygen atoms in total. The molecule has 2 unspecified atom stereocenters. The number of carboxylic acids is 1. The number of carboxylic acid groups (broad SMARTS) is 1. The summed E-state index contributed by atoms with van der Waals surface area (Å²) in [4.78, 5) is 23.1. The van der Waals surface area contributed by atoms with E-state index in [0.29, 0.717) is 29.9 Å². The van der Waals surface area contributed by atoms with Crippen LogP contribution in [-0.2, 0) is 4.79 Å². The van der Waals surface area contributed by atoms with Crippen LogP contribution in [0.2, 0.25) is 0 Å². The highest BCUT2D eigenvalue weighted by atomic mass is 16.4. The number of aryl methyl sites for hydroxylation is 2. The molecule has 1 aromatic heterocycles. The first-order chi connectivity index (χ1) is 8.97. The third kappa shape index (κ3) is 3.16. The van der Waals surface area contributed by atoms with Crippen LogP contribution in [-0.4, -0.2) is 23.0 Å². The summed E-state index contributed by atoms with van der Waals surface area (Å²) in [6.07, 6.45) is 2.89. The average molecular weight is 265 g/mol. The molecule has 1 fully saturated rings. The van der Waals surface area contributed by atoms with Gasteiger partial charge in [0.2, 0.25) is 0 Å². The predicted molar refractivity (Wildman–Crippen MR) is 69.0 cm³/mol. The molecule has 1 aliphatic rings. The van der Waals surface area contributed by atoms with Gasteiger partial charge in [0, 0.05) is 6.04 Å². The van der Waals surface area contributed by atoms with E-state index < -0.39 is 5.97 Å². The van der Waals surface area contributed by atoms with E-state index in [-0.39, 0.29) is 17.9 Å². The van der Waals surface area contributed by atoms with Crippen molar-refractivity contribution in [3.05, 3.63) is 23.2 Å². The van der Waals surface area contributed by atoms with Crippen molar-refractivity contribution in [3.63, 3.8) is 0 Å². The Bertz CT molecular complexity index is 492. The Hall–Kier alpha value is -1.78. The van der Waals surface area contributed by atoms with Crippen molar-refractivity contribution in [3.8, 4) is 0 Å². The molecule has 19 heavy (non-hydrogen) atoms. The second-order valence-electron chi connectivity index (χ2n) is 5.20. The molecular formula is C14H19NO4. The number of carbonyl (C=O) groups is 2. The Morgan fingerprint density at radius 3 is 2.68 bits per heavy atom. The van der Waals surface area contributed by atoms with Gasteiger partial charge in [-0.2, -0.15) is 0 Å². The van der Waals surface area contributed by atoms with Crippen LogP contribution in [0.3, 0.4) is 0 Å². The summed E-state index contributed by atoms with van der Waals surface area (Å²) in [6, 6.07) is 1.65. The summed E-state index contributed by atoms with van der Waals surface area (Å²) < 4.78 is 5.33. The summed E-state index contributed by atoms with van der Waals surface area (Å²) in [5, 5.41) is 11.9. The maximum absolute atomic E-state index is 12.1. The molecule has 1 amide bonds. The highest BCUT2D eigenvalue weighted by Crippen LogP contribution is 2.25. The number of hydrogen-bond acceptors (Lipinski definition) is 3. The van der Waals surface area contributed by atoms with Crippen LogP contribution in [0, 0.1) is 19.8 Å². The molecule has 1 heterocycles. The van der Waals surface area contributed by atoms with Gasteiger partial charge in [-0.05, 0) is 39.2 Å². The average Bonchev–Trinajstić information content (AvgIpc) is 2.69. The Morgan fingerprint density at radius 1 is 1.37 bits per heavy atom. The minimum Gasteiger partial charge on any atom is -0.481 e. The Balaban J connectivity index is 1.99.